The standard InChI is InChI=1S/C15H18ClFN2O2/c1-3-19-12(6-7-13(19)20)15(21)18-8-10-11(17)5-4-9(2)14(10)16/h4-5,12H,3,6-8H2,1-2H3,(H,18,21)/t12-/m0/s1. The van der Waals surface area contributed by atoms with Crippen LogP contribution in [0.1, 0.15) is 30.9 Å². The molecule has 1 aromatic carbocycles. The molecule has 114 valence electrons. The van der Waals surface area contributed by atoms with Crippen LogP contribution in [0, 0.1) is 12.7 Å². The zero-order valence-corrected chi connectivity index (χ0v) is 12.8. The Kier molecular flexibility index (Phi) is 4.83. The van der Waals surface area contributed by atoms with Crippen LogP contribution in [0.15, 0.2) is 12.1 Å². The number of hydrogen-bond acceptors (Lipinski definition) is 2. The summed E-state index contributed by atoms with van der Waals surface area (Å²) in [5.41, 5.74) is 1.03. The van der Waals surface area contributed by atoms with Gasteiger partial charge in [0.2, 0.25) is 11.8 Å². The van der Waals surface area contributed by atoms with E-state index in [4.69, 9.17) is 11.6 Å². The Morgan fingerprint density at radius 3 is 2.90 bits per heavy atom. The van der Waals surface area contributed by atoms with Gasteiger partial charge < -0.3 is 10.2 Å². The van der Waals surface area contributed by atoms with Gasteiger partial charge in [-0.3, -0.25) is 9.59 Å². The molecule has 0 aromatic heterocycles. The first-order valence-electron chi connectivity index (χ1n) is 6.96. The van der Waals surface area contributed by atoms with Crippen molar-refractivity contribution in [3.8, 4) is 0 Å². The van der Waals surface area contributed by atoms with Gasteiger partial charge in [-0.05, 0) is 31.9 Å². The van der Waals surface area contributed by atoms with Gasteiger partial charge in [-0.15, -0.1) is 0 Å². The van der Waals surface area contributed by atoms with Gasteiger partial charge in [0, 0.05) is 25.1 Å². The van der Waals surface area contributed by atoms with E-state index >= 15 is 0 Å². The van der Waals surface area contributed by atoms with Crippen LogP contribution in [-0.4, -0.2) is 29.3 Å². The van der Waals surface area contributed by atoms with Gasteiger partial charge in [0.25, 0.3) is 0 Å². The predicted octanol–water partition coefficient (Wildman–Crippen LogP) is 2.41. The SMILES string of the molecule is CCN1C(=O)CC[C@H]1C(=O)NCc1c(F)ccc(C)c1Cl. The maximum Gasteiger partial charge on any atom is 0.243 e. The van der Waals surface area contributed by atoms with Gasteiger partial charge in [-0.1, -0.05) is 17.7 Å². The van der Waals surface area contributed by atoms with E-state index in [0.717, 1.165) is 5.56 Å². The van der Waals surface area contributed by atoms with Gasteiger partial charge in [0.15, 0.2) is 0 Å². The summed E-state index contributed by atoms with van der Waals surface area (Å²) in [6, 6.07) is 2.46. The zero-order valence-electron chi connectivity index (χ0n) is 12.1. The normalized spacial score (nSPS) is 18.2. The van der Waals surface area contributed by atoms with Crippen LogP contribution in [0.3, 0.4) is 0 Å². The molecule has 0 saturated carbocycles. The highest BCUT2D eigenvalue weighted by atomic mass is 35.5. The molecule has 21 heavy (non-hydrogen) atoms. The fourth-order valence-corrected chi connectivity index (χ4v) is 2.79. The molecule has 0 unspecified atom stereocenters. The second-order valence-corrected chi connectivity index (χ2v) is 5.49. The average Bonchev–Trinajstić information content (AvgIpc) is 2.83. The molecule has 1 aliphatic rings. The first-order chi connectivity index (χ1) is 9.95. The Balaban J connectivity index is 2.05. The summed E-state index contributed by atoms with van der Waals surface area (Å²) in [4.78, 5) is 25.3. The fraction of sp³-hybridized carbons (Fsp3) is 0.467. The van der Waals surface area contributed by atoms with Gasteiger partial charge in [0.1, 0.15) is 11.9 Å². The summed E-state index contributed by atoms with van der Waals surface area (Å²) in [6.45, 7) is 4.13. The van der Waals surface area contributed by atoms with Gasteiger partial charge in [-0.25, -0.2) is 4.39 Å². The van der Waals surface area contributed by atoms with E-state index in [-0.39, 0.29) is 23.9 Å². The number of nitrogens with zero attached hydrogens (tertiary/aromatic N) is 1. The zero-order chi connectivity index (χ0) is 15.6. The van der Waals surface area contributed by atoms with Crippen LogP contribution < -0.4 is 5.32 Å². The summed E-state index contributed by atoms with van der Waals surface area (Å²) in [6.07, 6.45) is 0.883. The Labute approximate surface area is 128 Å². The lowest BCUT2D eigenvalue weighted by Crippen LogP contribution is -2.44. The second kappa shape index (κ2) is 6.43. The maximum absolute atomic E-state index is 13.8. The molecule has 0 radical (unpaired) electrons. The molecule has 1 aromatic rings. The molecule has 6 heteroatoms. The van der Waals surface area contributed by atoms with Gasteiger partial charge in [0.05, 0.1) is 5.02 Å². The number of nitrogens with one attached hydrogen (secondary N) is 1. The smallest absolute Gasteiger partial charge is 0.243 e. The van der Waals surface area contributed by atoms with E-state index in [0.29, 0.717) is 24.4 Å². The summed E-state index contributed by atoms with van der Waals surface area (Å²) in [5, 5.41) is 3.00. The van der Waals surface area contributed by atoms with Crippen molar-refractivity contribution in [3.63, 3.8) is 0 Å². The third-order valence-corrected chi connectivity index (χ3v) is 4.32. The maximum atomic E-state index is 13.8. The Morgan fingerprint density at radius 1 is 1.52 bits per heavy atom. The first-order valence-corrected chi connectivity index (χ1v) is 7.34. The Bertz CT molecular complexity index is 577. The van der Waals surface area contributed by atoms with Crippen molar-refractivity contribution < 1.29 is 14.0 Å². The molecule has 1 saturated heterocycles. The number of likely N-dealkylation sites (N-methyl/N-ethyl adjacent to an activating group) is 1. The summed E-state index contributed by atoms with van der Waals surface area (Å²) in [7, 11) is 0. The number of likely N-dealkylation sites (tertiary alicyclic amines) is 1. The first kappa shape index (κ1) is 15.8. The molecular weight excluding hydrogens is 295 g/mol. The molecule has 2 amide bonds. The molecule has 1 atom stereocenters. The molecule has 0 bridgehead atoms. The van der Waals surface area contributed by atoms with E-state index in [1.807, 2.05) is 6.92 Å². The highest BCUT2D eigenvalue weighted by Gasteiger charge is 2.34. The van der Waals surface area contributed by atoms with E-state index < -0.39 is 11.9 Å². The number of aryl methyl sites for hydroxylation is 1. The van der Waals surface area contributed by atoms with Crippen LogP contribution in [0.5, 0.6) is 0 Å². The van der Waals surface area contributed by atoms with Crippen molar-refractivity contribution in [2.75, 3.05) is 6.54 Å². The lowest BCUT2D eigenvalue weighted by atomic mass is 10.1. The molecule has 1 N–H and O–H groups in total. The summed E-state index contributed by atoms with van der Waals surface area (Å²) in [5.74, 6) is -0.724. The number of benzene rings is 1. The van der Waals surface area contributed by atoms with E-state index in [9.17, 15) is 14.0 Å². The summed E-state index contributed by atoms with van der Waals surface area (Å²) < 4.78 is 13.8. The topological polar surface area (TPSA) is 49.4 Å². The van der Waals surface area contributed by atoms with Crippen molar-refractivity contribution in [1.82, 2.24) is 10.2 Å². The van der Waals surface area contributed by atoms with Crippen LogP contribution >= 0.6 is 11.6 Å². The van der Waals surface area contributed by atoms with Crippen molar-refractivity contribution in [2.24, 2.45) is 0 Å². The molecule has 4 nitrogen and oxygen atoms in total. The lowest BCUT2D eigenvalue weighted by Gasteiger charge is -2.22. The largest absolute Gasteiger partial charge is 0.350 e. The van der Waals surface area contributed by atoms with E-state index in [1.54, 1.807) is 17.9 Å². The predicted molar refractivity (Wildman–Crippen MR) is 78.4 cm³/mol. The quantitative estimate of drug-likeness (QED) is 0.928. The molecule has 1 aliphatic heterocycles. The van der Waals surface area contributed by atoms with Gasteiger partial charge >= 0.3 is 0 Å². The van der Waals surface area contributed by atoms with Crippen molar-refractivity contribution in [1.29, 1.82) is 0 Å². The minimum atomic E-state index is -0.464. The molecule has 1 heterocycles. The lowest BCUT2D eigenvalue weighted by molar-refractivity contribution is -0.135. The average molecular weight is 313 g/mol. The number of carbonyl (C=O) groups excluding carboxylic acids is 2. The molecule has 0 spiro atoms. The minimum Gasteiger partial charge on any atom is -0.350 e. The Morgan fingerprint density at radius 2 is 2.24 bits per heavy atom. The van der Waals surface area contributed by atoms with Crippen molar-refractivity contribution in [2.45, 2.75) is 39.3 Å². The van der Waals surface area contributed by atoms with Crippen molar-refractivity contribution >= 4 is 23.4 Å². The molecule has 2 rings (SSSR count). The monoisotopic (exact) mass is 312 g/mol. The van der Waals surface area contributed by atoms with E-state index in [2.05, 4.69) is 5.32 Å². The van der Waals surface area contributed by atoms with Crippen LogP contribution in [0.4, 0.5) is 4.39 Å². The van der Waals surface area contributed by atoms with Crippen molar-refractivity contribution in [3.05, 3.63) is 34.1 Å². The second-order valence-electron chi connectivity index (χ2n) is 5.11. The highest BCUT2D eigenvalue weighted by Crippen LogP contribution is 2.24. The number of amides is 2. The van der Waals surface area contributed by atoms with Crippen LogP contribution in [0.25, 0.3) is 0 Å². The number of rotatable bonds is 4. The third kappa shape index (κ3) is 3.18. The molecule has 0 aliphatic carbocycles. The summed E-state index contributed by atoms with van der Waals surface area (Å²) >= 11 is 6.06. The highest BCUT2D eigenvalue weighted by molar-refractivity contribution is 6.32. The third-order valence-electron chi connectivity index (χ3n) is 3.79. The molecular formula is C15H18ClFN2O2. The Hall–Kier alpha value is -1.62. The fourth-order valence-electron chi connectivity index (χ4n) is 2.57. The van der Waals surface area contributed by atoms with Gasteiger partial charge in [-0.2, -0.15) is 0 Å². The number of carbonyl (C=O) groups is 2. The van der Waals surface area contributed by atoms with Crippen LogP contribution in [-0.2, 0) is 16.1 Å². The minimum absolute atomic E-state index is 0.0163. The van der Waals surface area contributed by atoms with E-state index in [1.165, 1.54) is 6.07 Å². The number of halogens is 2. The van der Waals surface area contributed by atoms with Crippen LogP contribution in [0.2, 0.25) is 5.02 Å². The number of hydrogen-bond donors (Lipinski definition) is 1. The molecule has 1 fully saturated rings.